The summed E-state index contributed by atoms with van der Waals surface area (Å²) in [5, 5.41) is 4.39. The fraction of sp³-hybridized carbons (Fsp3) is 0.400. The summed E-state index contributed by atoms with van der Waals surface area (Å²) in [6.07, 6.45) is 3.91. The topological polar surface area (TPSA) is 42.7 Å². The Balaban J connectivity index is 2.01. The Labute approximate surface area is 93.0 Å². The van der Waals surface area contributed by atoms with Crippen LogP contribution in [-0.4, -0.2) is 14.5 Å². The highest BCUT2D eigenvalue weighted by atomic mass is 32.1. The number of hydrogen-bond donors (Lipinski definition) is 1. The lowest BCUT2D eigenvalue weighted by Crippen LogP contribution is -2.03. The van der Waals surface area contributed by atoms with Gasteiger partial charge in [0.15, 0.2) is 0 Å². The number of nitrogens with one attached hydrogen (secondary N) is 1. The van der Waals surface area contributed by atoms with Crippen molar-refractivity contribution in [3.63, 3.8) is 0 Å². The van der Waals surface area contributed by atoms with E-state index in [1.165, 1.54) is 4.88 Å². The molecule has 0 bridgehead atoms. The van der Waals surface area contributed by atoms with Gasteiger partial charge in [-0.3, -0.25) is 0 Å². The van der Waals surface area contributed by atoms with Crippen LogP contribution in [0.25, 0.3) is 0 Å². The van der Waals surface area contributed by atoms with E-state index in [4.69, 9.17) is 0 Å². The van der Waals surface area contributed by atoms with Crippen molar-refractivity contribution in [3.8, 4) is 0 Å². The van der Waals surface area contributed by atoms with Crippen molar-refractivity contribution in [1.29, 1.82) is 0 Å². The molecule has 5 heteroatoms. The van der Waals surface area contributed by atoms with Gasteiger partial charge in [-0.1, -0.05) is 0 Å². The van der Waals surface area contributed by atoms with E-state index in [9.17, 15) is 0 Å². The summed E-state index contributed by atoms with van der Waals surface area (Å²) in [5.41, 5.74) is 1.03. The number of anilines is 1. The normalized spacial score (nSPS) is 10.6. The predicted octanol–water partition coefficient (Wildman–Crippen LogP) is 2.11. The first-order chi connectivity index (χ1) is 7.15. The van der Waals surface area contributed by atoms with E-state index in [1.807, 2.05) is 37.9 Å². The van der Waals surface area contributed by atoms with Crippen molar-refractivity contribution in [2.24, 2.45) is 7.05 Å². The molecule has 4 nitrogen and oxygen atoms in total. The van der Waals surface area contributed by atoms with Crippen molar-refractivity contribution >= 4 is 17.3 Å². The van der Waals surface area contributed by atoms with Crippen LogP contribution < -0.4 is 5.32 Å². The summed E-state index contributed by atoms with van der Waals surface area (Å²) in [4.78, 5) is 9.81. The molecule has 0 radical (unpaired) electrons. The third kappa shape index (κ3) is 2.36. The van der Waals surface area contributed by atoms with Gasteiger partial charge in [-0.05, 0) is 13.8 Å². The molecule has 2 rings (SSSR count). The first kappa shape index (κ1) is 10.2. The molecule has 0 aliphatic heterocycles. The molecule has 15 heavy (non-hydrogen) atoms. The van der Waals surface area contributed by atoms with Crippen LogP contribution in [0.1, 0.15) is 15.6 Å². The largest absolute Gasteiger partial charge is 0.351 e. The van der Waals surface area contributed by atoms with Crippen LogP contribution in [0.4, 0.5) is 5.95 Å². The lowest BCUT2D eigenvalue weighted by molar-refractivity contribution is 0.902. The highest BCUT2D eigenvalue weighted by Gasteiger charge is 2.02. The Morgan fingerprint density at radius 2 is 2.27 bits per heavy atom. The maximum atomic E-state index is 4.37. The number of hydrogen-bond acceptors (Lipinski definition) is 4. The SMILES string of the molecule is Cc1cn(C)c(NCc2cnc(C)s2)n1. The molecule has 0 aliphatic rings. The van der Waals surface area contributed by atoms with Gasteiger partial charge in [-0.15, -0.1) is 11.3 Å². The smallest absolute Gasteiger partial charge is 0.203 e. The minimum absolute atomic E-state index is 0.788. The van der Waals surface area contributed by atoms with Crippen molar-refractivity contribution in [2.75, 3.05) is 5.32 Å². The highest BCUT2D eigenvalue weighted by Crippen LogP contribution is 2.13. The van der Waals surface area contributed by atoms with Gasteiger partial charge in [-0.2, -0.15) is 0 Å². The third-order valence-electron chi connectivity index (χ3n) is 2.09. The van der Waals surface area contributed by atoms with E-state index >= 15 is 0 Å². The molecular formula is C10H14N4S. The van der Waals surface area contributed by atoms with Crippen molar-refractivity contribution < 1.29 is 0 Å². The summed E-state index contributed by atoms with van der Waals surface area (Å²) in [7, 11) is 1.99. The molecule has 0 unspecified atom stereocenters. The molecule has 0 fully saturated rings. The summed E-state index contributed by atoms with van der Waals surface area (Å²) in [6, 6.07) is 0. The number of thiazole rings is 1. The molecule has 0 amide bonds. The molecule has 0 saturated carbocycles. The van der Waals surface area contributed by atoms with Gasteiger partial charge in [0, 0.05) is 24.3 Å². The molecule has 2 aromatic heterocycles. The first-order valence-corrected chi connectivity index (χ1v) is 5.62. The summed E-state index contributed by atoms with van der Waals surface area (Å²) in [5.74, 6) is 0.901. The Hall–Kier alpha value is -1.36. The van der Waals surface area contributed by atoms with E-state index in [-0.39, 0.29) is 0 Å². The van der Waals surface area contributed by atoms with Crippen LogP contribution in [0.5, 0.6) is 0 Å². The van der Waals surface area contributed by atoms with Crippen LogP contribution in [0.3, 0.4) is 0 Å². The van der Waals surface area contributed by atoms with Crippen LogP contribution in [-0.2, 0) is 13.6 Å². The Morgan fingerprint density at radius 3 is 2.80 bits per heavy atom. The molecule has 1 N–H and O–H groups in total. The molecule has 0 saturated heterocycles. The number of imidazole rings is 1. The second-order valence-corrected chi connectivity index (χ2v) is 4.84. The lowest BCUT2D eigenvalue weighted by Gasteiger charge is -2.02. The number of nitrogens with zero attached hydrogens (tertiary/aromatic N) is 3. The number of aromatic nitrogens is 3. The Kier molecular flexibility index (Phi) is 2.73. The van der Waals surface area contributed by atoms with Crippen LogP contribution in [0.15, 0.2) is 12.4 Å². The lowest BCUT2D eigenvalue weighted by atomic mass is 10.5. The molecule has 0 atom stereocenters. The van der Waals surface area contributed by atoms with E-state index in [0.29, 0.717) is 0 Å². The van der Waals surface area contributed by atoms with Crippen molar-refractivity contribution in [1.82, 2.24) is 14.5 Å². The highest BCUT2D eigenvalue weighted by molar-refractivity contribution is 7.11. The zero-order valence-corrected chi connectivity index (χ0v) is 9.93. The Bertz CT molecular complexity index is 458. The average molecular weight is 222 g/mol. The van der Waals surface area contributed by atoms with E-state index in [2.05, 4.69) is 15.3 Å². The average Bonchev–Trinajstić information content (AvgIpc) is 2.70. The number of rotatable bonds is 3. The zero-order valence-electron chi connectivity index (χ0n) is 9.11. The van der Waals surface area contributed by atoms with E-state index in [0.717, 1.165) is 23.2 Å². The van der Waals surface area contributed by atoms with Gasteiger partial charge in [0.1, 0.15) is 0 Å². The minimum Gasteiger partial charge on any atom is -0.351 e. The molecule has 2 aromatic rings. The summed E-state index contributed by atoms with van der Waals surface area (Å²) < 4.78 is 1.99. The number of aryl methyl sites for hydroxylation is 3. The fourth-order valence-electron chi connectivity index (χ4n) is 1.43. The van der Waals surface area contributed by atoms with Crippen LogP contribution in [0.2, 0.25) is 0 Å². The Morgan fingerprint density at radius 1 is 1.47 bits per heavy atom. The second-order valence-electron chi connectivity index (χ2n) is 3.52. The van der Waals surface area contributed by atoms with Crippen LogP contribution in [0, 0.1) is 13.8 Å². The fourth-order valence-corrected chi connectivity index (χ4v) is 2.17. The van der Waals surface area contributed by atoms with Gasteiger partial charge in [0.25, 0.3) is 0 Å². The van der Waals surface area contributed by atoms with Gasteiger partial charge in [-0.25, -0.2) is 9.97 Å². The standard InChI is InChI=1S/C10H14N4S/c1-7-6-14(3)10(13-7)12-5-9-4-11-8(2)15-9/h4,6H,5H2,1-3H3,(H,12,13). The van der Waals surface area contributed by atoms with E-state index in [1.54, 1.807) is 11.3 Å². The third-order valence-corrected chi connectivity index (χ3v) is 3.00. The van der Waals surface area contributed by atoms with Crippen molar-refractivity contribution in [3.05, 3.63) is 28.0 Å². The molecule has 0 aliphatic carbocycles. The summed E-state index contributed by atoms with van der Waals surface area (Å²) in [6.45, 7) is 4.79. The van der Waals surface area contributed by atoms with Gasteiger partial charge in [0.05, 0.1) is 17.2 Å². The molecule has 2 heterocycles. The van der Waals surface area contributed by atoms with Gasteiger partial charge in [0.2, 0.25) is 5.95 Å². The van der Waals surface area contributed by atoms with Crippen LogP contribution >= 0.6 is 11.3 Å². The quantitative estimate of drug-likeness (QED) is 0.865. The molecule has 0 aromatic carbocycles. The van der Waals surface area contributed by atoms with E-state index < -0.39 is 0 Å². The zero-order chi connectivity index (χ0) is 10.8. The minimum atomic E-state index is 0.788. The van der Waals surface area contributed by atoms with Gasteiger partial charge < -0.3 is 9.88 Å². The predicted molar refractivity (Wildman–Crippen MR) is 62.1 cm³/mol. The second kappa shape index (κ2) is 4.02. The molecule has 80 valence electrons. The molecular weight excluding hydrogens is 208 g/mol. The van der Waals surface area contributed by atoms with Crippen molar-refractivity contribution in [2.45, 2.75) is 20.4 Å². The maximum absolute atomic E-state index is 4.37. The maximum Gasteiger partial charge on any atom is 0.203 e. The monoisotopic (exact) mass is 222 g/mol. The first-order valence-electron chi connectivity index (χ1n) is 4.80. The molecule has 0 spiro atoms. The van der Waals surface area contributed by atoms with Gasteiger partial charge >= 0.3 is 0 Å². The summed E-state index contributed by atoms with van der Waals surface area (Å²) >= 11 is 1.71.